The molecule has 2 amide bonds. The van der Waals surface area contributed by atoms with Crippen molar-refractivity contribution in [2.75, 3.05) is 13.1 Å². The minimum atomic E-state index is -0.150. The summed E-state index contributed by atoms with van der Waals surface area (Å²) in [7, 11) is 0. The molecular weight excluding hydrogens is 232 g/mol. The first-order chi connectivity index (χ1) is 8.72. The van der Waals surface area contributed by atoms with Gasteiger partial charge in [0.2, 0.25) is 5.91 Å². The number of aromatic nitrogens is 1. The fraction of sp³-hybridized carbons (Fsp3) is 0.417. The zero-order chi connectivity index (χ0) is 13.0. The Balaban J connectivity index is 1.94. The van der Waals surface area contributed by atoms with Crippen molar-refractivity contribution >= 4 is 11.8 Å². The number of nitrogens with two attached hydrogens (primary N) is 1. The Bertz CT molecular complexity index is 427. The zero-order valence-corrected chi connectivity index (χ0v) is 10.0. The van der Waals surface area contributed by atoms with Crippen LogP contribution in [0.5, 0.6) is 0 Å². The number of hydrogen-bond donors (Lipinski definition) is 2. The summed E-state index contributed by atoms with van der Waals surface area (Å²) in [4.78, 5) is 29.1. The van der Waals surface area contributed by atoms with E-state index in [4.69, 9.17) is 5.84 Å². The molecule has 2 rings (SSSR count). The second kappa shape index (κ2) is 5.59. The Kier molecular flexibility index (Phi) is 3.88. The van der Waals surface area contributed by atoms with E-state index in [1.807, 2.05) is 0 Å². The van der Waals surface area contributed by atoms with Gasteiger partial charge in [-0.15, -0.1) is 0 Å². The lowest BCUT2D eigenvalue weighted by atomic mass is 9.96. The smallest absolute Gasteiger partial charge is 0.255 e. The van der Waals surface area contributed by atoms with Gasteiger partial charge in [-0.2, -0.15) is 0 Å². The molecule has 0 aromatic carbocycles. The summed E-state index contributed by atoms with van der Waals surface area (Å²) in [5, 5.41) is 0. The summed E-state index contributed by atoms with van der Waals surface area (Å²) in [6, 6.07) is 3.48. The van der Waals surface area contributed by atoms with Gasteiger partial charge in [0, 0.05) is 31.4 Å². The van der Waals surface area contributed by atoms with Gasteiger partial charge in [0.25, 0.3) is 5.91 Å². The lowest BCUT2D eigenvalue weighted by molar-refractivity contribution is -0.126. The van der Waals surface area contributed by atoms with Gasteiger partial charge < -0.3 is 4.90 Å². The monoisotopic (exact) mass is 248 g/mol. The molecule has 1 saturated heterocycles. The SMILES string of the molecule is NNC(=O)C1CCN(C(=O)c2cccnc2)CC1. The van der Waals surface area contributed by atoms with Crippen molar-refractivity contribution in [2.45, 2.75) is 12.8 Å². The summed E-state index contributed by atoms with van der Waals surface area (Å²) in [5.74, 6) is 4.83. The number of amides is 2. The molecule has 0 atom stereocenters. The third kappa shape index (κ3) is 2.65. The first kappa shape index (κ1) is 12.5. The Hall–Kier alpha value is -1.95. The Morgan fingerprint density at radius 3 is 2.67 bits per heavy atom. The number of carbonyl (C=O) groups is 2. The van der Waals surface area contributed by atoms with Gasteiger partial charge in [0.1, 0.15) is 0 Å². The maximum atomic E-state index is 12.1. The molecule has 18 heavy (non-hydrogen) atoms. The first-order valence-corrected chi connectivity index (χ1v) is 5.92. The van der Waals surface area contributed by atoms with Gasteiger partial charge in [-0.05, 0) is 25.0 Å². The average Bonchev–Trinajstić information content (AvgIpc) is 2.47. The van der Waals surface area contributed by atoms with Crippen molar-refractivity contribution in [1.29, 1.82) is 0 Å². The summed E-state index contributed by atoms with van der Waals surface area (Å²) < 4.78 is 0. The number of carbonyl (C=O) groups excluding carboxylic acids is 2. The molecule has 3 N–H and O–H groups in total. The van der Waals surface area contributed by atoms with Crippen LogP contribution in [-0.4, -0.2) is 34.8 Å². The van der Waals surface area contributed by atoms with E-state index in [9.17, 15) is 9.59 Å². The fourth-order valence-corrected chi connectivity index (χ4v) is 2.13. The van der Waals surface area contributed by atoms with Crippen LogP contribution in [-0.2, 0) is 4.79 Å². The minimum Gasteiger partial charge on any atom is -0.339 e. The Morgan fingerprint density at radius 2 is 2.11 bits per heavy atom. The Morgan fingerprint density at radius 1 is 1.39 bits per heavy atom. The van der Waals surface area contributed by atoms with Crippen LogP contribution in [0.25, 0.3) is 0 Å². The molecule has 1 aromatic rings. The Labute approximate surface area is 105 Å². The number of nitrogens with one attached hydrogen (secondary N) is 1. The topological polar surface area (TPSA) is 88.3 Å². The molecule has 6 heteroatoms. The van der Waals surface area contributed by atoms with E-state index in [1.165, 1.54) is 0 Å². The van der Waals surface area contributed by atoms with Crippen molar-refractivity contribution in [2.24, 2.45) is 11.8 Å². The van der Waals surface area contributed by atoms with E-state index >= 15 is 0 Å². The fourth-order valence-electron chi connectivity index (χ4n) is 2.13. The van der Waals surface area contributed by atoms with Gasteiger partial charge in [-0.25, -0.2) is 5.84 Å². The van der Waals surface area contributed by atoms with Crippen molar-refractivity contribution in [3.05, 3.63) is 30.1 Å². The number of hydrazine groups is 1. The summed E-state index contributed by atoms with van der Waals surface area (Å²) >= 11 is 0. The van der Waals surface area contributed by atoms with E-state index in [0.29, 0.717) is 31.5 Å². The van der Waals surface area contributed by atoms with E-state index in [2.05, 4.69) is 10.4 Å². The molecule has 0 saturated carbocycles. The quantitative estimate of drug-likeness (QED) is 0.435. The van der Waals surface area contributed by atoms with Crippen LogP contribution < -0.4 is 11.3 Å². The third-order valence-electron chi connectivity index (χ3n) is 3.20. The molecule has 1 fully saturated rings. The number of pyridine rings is 1. The molecule has 0 bridgehead atoms. The lowest BCUT2D eigenvalue weighted by Crippen LogP contribution is -2.44. The van der Waals surface area contributed by atoms with Crippen molar-refractivity contribution in [1.82, 2.24) is 15.3 Å². The highest BCUT2D eigenvalue weighted by Crippen LogP contribution is 2.18. The molecule has 96 valence electrons. The van der Waals surface area contributed by atoms with Gasteiger partial charge in [0.15, 0.2) is 0 Å². The standard InChI is InChI=1S/C12H16N4O2/c13-15-11(17)9-3-6-16(7-4-9)12(18)10-2-1-5-14-8-10/h1-2,5,8-9H,3-4,6-7,13H2,(H,15,17). The molecule has 1 aromatic heterocycles. The predicted octanol–water partition coefficient (Wildman–Crippen LogP) is -0.0763. The van der Waals surface area contributed by atoms with Gasteiger partial charge >= 0.3 is 0 Å². The third-order valence-corrected chi connectivity index (χ3v) is 3.20. The summed E-state index contributed by atoms with van der Waals surface area (Å²) in [5.41, 5.74) is 2.74. The molecule has 6 nitrogen and oxygen atoms in total. The van der Waals surface area contributed by atoms with E-state index in [1.54, 1.807) is 29.4 Å². The lowest BCUT2D eigenvalue weighted by Gasteiger charge is -2.31. The van der Waals surface area contributed by atoms with Gasteiger partial charge in [-0.1, -0.05) is 0 Å². The van der Waals surface area contributed by atoms with E-state index in [-0.39, 0.29) is 17.7 Å². The largest absolute Gasteiger partial charge is 0.339 e. The highest BCUT2D eigenvalue weighted by atomic mass is 16.2. The van der Waals surface area contributed by atoms with Crippen LogP contribution in [0.1, 0.15) is 23.2 Å². The number of nitrogens with zero attached hydrogens (tertiary/aromatic N) is 2. The van der Waals surface area contributed by atoms with Crippen LogP contribution in [0.15, 0.2) is 24.5 Å². The molecule has 0 spiro atoms. The molecule has 1 aliphatic rings. The van der Waals surface area contributed by atoms with Gasteiger partial charge in [0.05, 0.1) is 5.56 Å². The molecule has 0 radical (unpaired) electrons. The van der Waals surface area contributed by atoms with Crippen LogP contribution in [0, 0.1) is 5.92 Å². The van der Waals surface area contributed by atoms with E-state index in [0.717, 1.165) is 0 Å². The molecule has 0 unspecified atom stereocenters. The zero-order valence-electron chi connectivity index (χ0n) is 10.0. The van der Waals surface area contributed by atoms with Crippen LogP contribution in [0.3, 0.4) is 0 Å². The molecule has 1 aliphatic heterocycles. The normalized spacial score (nSPS) is 16.4. The molecular formula is C12H16N4O2. The van der Waals surface area contributed by atoms with Gasteiger partial charge in [-0.3, -0.25) is 20.0 Å². The highest BCUT2D eigenvalue weighted by molar-refractivity contribution is 5.94. The maximum absolute atomic E-state index is 12.1. The highest BCUT2D eigenvalue weighted by Gasteiger charge is 2.27. The number of hydrogen-bond acceptors (Lipinski definition) is 4. The molecule has 0 aliphatic carbocycles. The minimum absolute atomic E-state index is 0.0327. The second-order valence-corrected chi connectivity index (χ2v) is 4.32. The maximum Gasteiger partial charge on any atom is 0.255 e. The summed E-state index contributed by atoms with van der Waals surface area (Å²) in [6.45, 7) is 1.15. The van der Waals surface area contributed by atoms with E-state index < -0.39 is 0 Å². The first-order valence-electron chi connectivity index (χ1n) is 5.92. The van der Waals surface area contributed by atoms with Crippen molar-refractivity contribution < 1.29 is 9.59 Å². The van der Waals surface area contributed by atoms with Crippen molar-refractivity contribution in [3.63, 3.8) is 0 Å². The second-order valence-electron chi connectivity index (χ2n) is 4.32. The van der Waals surface area contributed by atoms with Crippen LogP contribution in [0.2, 0.25) is 0 Å². The number of rotatable bonds is 2. The van der Waals surface area contributed by atoms with Crippen molar-refractivity contribution in [3.8, 4) is 0 Å². The molecule has 2 heterocycles. The number of likely N-dealkylation sites (tertiary alicyclic amines) is 1. The van der Waals surface area contributed by atoms with Crippen LogP contribution >= 0.6 is 0 Å². The van der Waals surface area contributed by atoms with Crippen LogP contribution in [0.4, 0.5) is 0 Å². The summed E-state index contributed by atoms with van der Waals surface area (Å²) in [6.07, 6.45) is 4.49. The predicted molar refractivity (Wildman–Crippen MR) is 65.2 cm³/mol. The average molecular weight is 248 g/mol. The number of piperidine rings is 1.